The number of rotatable bonds is 8. The molecule has 8 heteroatoms. The van der Waals surface area contributed by atoms with Crippen LogP contribution in [0.1, 0.15) is 88.0 Å². The average molecular weight is 462 g/mol. The van der Waals surface area contributed by atoms with Gasteiger partial charge in [-0.15, -0.1) is 0 Å². The molecule has 2 unspecified atom stereocenters. The van der Waals surface area contributed by atoms with Gasteiger partial charge in [-0.3, -0.25) is 14.2 Å². The van der Waals surface area contributed by atoms with Crippen LogP contribution in [0.5, 0.6) is 0 Å². The Hall–Kier alpha value is -0.460. The van der Waals surface area contributed by atoms with Crippen molar-refractivity contribution >= 4 is 13.6 Å². The fourth-order valence-electron chi connectivity index (χ4n) is 4.95. The molecule has 0 aromatic carbocycles. The second-order valence-corrected chi connectivity index (χ2v) is 13.1. The standard InChI is InChI=1S/C23H44NO6P/c1-10-28-31(26,29-11-2)20(21(4,5)6)24(22(7,8)9)30-18-14-12-13-15-23(18)16-27-19(25)17(23)3/h17-18,20H,10-16H2,1-9H3/t17-,18-,20?,23?/m1/s1. The first-order chi connectivity index (χ1) is 14.2. The van der Waals surface area contributed by atoms with Crippen LogP contribution in [-0.4, -0.2) is 48.3 Å². The van der Waals surface area contributed by atoms with Crippen molar-refractivity contribution in [3.63, 3.8) is 0 Å². The van der Waals surface area contributed by atoms with Gasteiger partial charge in [0.2, 0.25) is 0 Å². The number of cyclic esters (lactones) is 1. The summed E-state index contributed by atoms with van der Waals surface area (Å²) in [4.78, 5) is 19.1. The number of ether oxygens (including phenoxy) is 1. The number of nitrogens with zero attached hydrogens (tertiary/aromatic N) is 1. The molecule has 1 spiro atoms. The van der Waals surface area contributed by atoms with Gasteiger partial charge in [0.15, 0.2) is 0 Å². The van der Waals surface area contributed by atoms with Crippen LogP contribution in [0.3, 0.4) is 0 Å². The van der Waals surface area contributed by atoms with Crippen LogP contribution in [0, 0.1) is 16.7 Å². The zero-order chi connectivity index (χ0) is 23.7. The summed E-state index contributed by atoms with van der Waals surface area (Å²) in [6.45, 7) is 18.8. The molecule has 0 N–H and O–H groups in total. The van der Waals surface area contributed by atoms with Crippen LogP contribution < -0.4 is 0 Å². The Morgan fingerprint density at radius 1 is 1.13 bits per heavy atom. The van der Waals surface area contributed by atoms with Crippen molar-refractivity contribution in [2.75, 3.05) is 19.8 Å². The number of hydrogen-bond acceptors (Lipinski definition) is 7. The first kappa shape index (κ1) is 26.8. The molecule has 1 heterocycles. The Balaban J connectivity index is 2.52. The number of hydroxylamine groups is 2. The smallest absolute Gasteiger partial charge is 0.350 e. The minimum atomic E-state index is -3.54. The average Bonchev–Trinajstić information content (AvgIpc) is 2.90. The van der Waals surface area contributed by atoms with E-state index >= 15 is 0 Å². The first-order valence-electron chi connectivity index (χ1n) is 11.7. The van der Waals surface area contributed by atoms with E-state index in [1.54, 1.807) is 0 Å². The summed E-state index contributed by atoms with van der Waals surface area (Å²) in [5.74, 6) is -0.995. The fourth-order valence-corrected chi connectivity index (χ4v) is 7.64. The largest absolute Gasteiger partial charge is 0.465 e. The molecule has 1 saturated heterocycles. The third kappa shape index (κ3) is 5.55. The molecule has 0 aromatic rings. The summed E-state index contributed by atoms with van der Waals surface area (Å²) in [5, 5.41) is 1.85. The van der Waals surface area contributed by atoms with Crippen LogP contribution in [-0.2, 0) is 28.0 Å². The van der Waals surface area contributed by atoms with Crippen LogP contribution in [0.4, 0.5) is 0 Å². The lowest BCUT2D eigenvalue weighted by Gasteiger charge is -2.51. The molecule has 1 saturated carbocycles. The van der Waals surface area contributed by atoms with Gasteiger partial charge < -0.3 is 13.8 Å². The highest BCUT2D eigenvalue weighted by Gasteiger charge is 2.58. The summed E-state index contributed by atoms with van der Waals surface area (Å²) < 4.78 is 31.2. The molecule has 2 rings (SSSR count). The van der Waals surface area contributed by atoms with Crippen LogP contribution in [0.25, 0.3) is 0 Å². The van der Waals surface area contributed by atoms with E-state index in [4.69, 9.17) is 18.6 Å². The maximum absolute atomic E-state index is 14.1. The van der Waals surface area contributed by atoms with Crippen molar-refractivity contribution in [3.05, 3.63) is 0 Å². The minimum Gasteiger partial charge on any atom is -0.465 e. The van der Waals surface area contributed by atoms with Gasteiger partial charge >= 0.3 is 13.6 Å². The van der Waals surface area contributed by atoms with Crippen molar-refractivity contribution < 1.29 is 28.0 Å². The molecule has 0 radical (unpaired) electrons. The normalized spacial score (nSPS) is 28.9. The third-order valence-electron chi connectivity index (χ3n) is 6.52. The maximum Gasteiger partial charge on any atom is 0.350 e. The van der Waals surface area contributed by atoms with Gasteiger partial charge in [-0.2, -0.15) is 5.06 Å². The van der Waals surface area contributed by atoms with Gasteiger partial charge in [-0.25, -0.2) is 0 Å². The summed E-state index contributed by atoms with van der Waals surface area (Å²) in [7, 11) is -3.54. The minimum absolute atomic E-state index is 0.153. The molecular formula is C23H44NO6P. The molecule has 0 bridgehead atoms. The molecule has 0 aromatic heterocycles. The Morgan fingerprint density at radius 2 is 1.71 bits per heavy atom. The Kier molecular flexibility index (Phi) is 8.47. The number of hydrogen-bond donors (Lipinski definition) is 0. The number of esters is 1. The van der Waals surface area contributed by atoms with Crippen LogP contribution in [0.15, 0.2) is 0 Å². The third-order valence-corrected chi connectivity index (χ3v) is 9.33. The van der Waals surface area contributed by atoms with Crippen LogP contribution >= 0.6 is 7.60 Å². The van der Waals surface area contributed by atoms with E-state index in [1.165, 1.54) is 0 Å². The molecule has 2 fully saturated rings. The van der Waals surface area contributed by atoms with Gasteiger partial charge in [0, 0.05) is 11.0 Å². The lowest BCUT2D eigenvalue weighted by atomic mass is 9.66. The number of carbonyl (C=O) groups is 1. The highest BCUT2D eigenvalue weighted by Crippen LogP contribution is 2.61. The van der Waals surface area contributed by atoms with Gasteiger partial charge in [-0.1, -0.05) is 40.5 Å². The monoisotopic (exact) mass is 461 g/mol. The Morgan fingerprint density at radius 3 is 2.13 bits per heavy atom. The Labute approximate surface area is 189 Å². The molecule has 0 amide bonds. The second-order valence-electron chi connectivity index (χ2n) is 11.0. The highest BCUT2D eigenvalue weighted by molar-refractivity contribution is 7.54. The second kappa shape index (κ2) is 9.80. The molecule has 1 aliphatic carbocycles. The zero-order valence-corrected chi connectivity index (χ0v) is 21.9. The van der Waals surface area contributed by atoms with E-state index in [1.807, 2.05) is 67.4 Å². The SMILES string of the molecule is CCOP(=O)(OCC)C(N(O[C@@H]1CCCCC12COC(=O)[C@H]2C)C(C)(C)C)C(C)(C)C. The van der Waals surface area contributed by atoms with Crippen molar-refractivity contribution in [1.29, 1.82) is 0 Å². The van der Waals surface area contributed by atoms with Crippen molar-refractivity contribution in [1.82, 2.24) is 5.06 Å². The van der Waals surface area contributed by atoms with E-state index in [0.29, 0.717) is 6.61 Å². The number of carbonyl (C=O) groups excluding carboxylic acids is 1. The maximum atomic E-state index is 14.1. The molecule has 1 aliphatic heterocycles. The molecule has 31 heavy (non-hydrogen) atoms. The van der Waals surface area contributed by atoms with E-state index in [2.05, 4.69) is 0 Å². The van der Waals surface area contributed by atoms with Crippen LogP contribution in [0.2, 0.25) is 0 Å². The summed E-state index contributed by atoms with van der Waals surface area (Å²) >= 11 is 0. The topological polar surface area (TPSA) is 74.3 Å². The quantitative estimate of drug-likeness (QED) is 0.258. The van der Waals surface area contributed by atoms with E-state index in [9.17, 15) is 9.36 Å². The predicted octanol–water partition coefficient (Wildman–Crippen LogP) is 5.78. The molecular weight excluding hydrogens is 417 g/mol. The first-order valence-corrected chi connectivity index (χ1v) is 13.4. The van der Waals surface area contributed by atoms with Crippen molar-refractivity contribution in [3.8, 4) is 0 Å². The lowest BCUT2D eigenvalue weighted by Crippen LogP contribution is -2.57. The molecule has 4 atom stereocenters. The molecule has 2 aliphatic rings. The van der Waals surface area contributed by atoms with E-state index < -0.39 is 24.3 Å². The van der Waals surface area contributed by atoms with Gasteiger partial charge in [0.05, 0.1) is 25.2 Å². The Bertz CT molecular complexity index is 660. The predicted molar refractivity (Wildman–Crippen MR) is 122 cm³/mol. The van der Waals surface area contributed by atoms with Crippen molar-refractivity contribution in [2.45, 2.75) is 105 Å². The zero-order valence-electron chi connectivity index (χ0n) is 21.0. The summed E-state index contributed by atoms with van der Waals surface area (Å²) in [6.07, 6.45) is 3.59. The summed E-state index contributed by atoms with van der Waals surface area (Å²) in [5.41, 5.74) is -1.29. The van der Waals surface area contributed by atoms with Gasteiger partial charge in [0.25, 0.3) is 0 Å². The van der Waals surface area contributed by atoms with Crippen molar-refractivity contribution in [2.24, 2.45) is 16.7 Å². The molecule has 7 nitrogen and oxygen atoms in total. The highest BCUT2D eigenvalue weighted by atomic mass is 31.2. The van der Waals surface area contributed by atoms with E-state index in [0.717, 1.165) is 25.7 Å². The van der Waals surface area contributed by atoms with E-state index in [-0.39, 0.29) is 36.6 Å². The van der Waals surface area contributed by atoms with Gasteiger partial charge in [0.1, 0.15) is 12.4 Å². The van der Waals surface area contributed by atoms with Gasteiger partial charge in [-0.05, 0) is 52.9 Å². The lowest BCUT2D eigenvalue weighted by molar-refractivity contribution is -0.296. The fraction of sp³-hybridized carbons (Fsp3) is 0.957. The summed E-state index contributed by atoms with van der Waals surface area (Å²) in [6, 6.07) is 0. The molecule has 182 valence electrons.